The molecular weight excluding hydrogens is 1030 g/mol. The molecule has 2 atom stereocenters. The topological polar surface area (TPSA) is 111 Å². The minimum atomic E-state index is -1.63. The van der Waals surface area contributed by atoms with Crippen molar-refractivity contribution in [1.29, 1.82) is 0 Å². The van der Waals surface area contributed by atoms with Gasteiger partial charge >= 0.3 is 11.9 Å². The van der Waals surface area contributed by atoms with Gasteiger partial charge in [0.25, 0.3) is 0 Å². The maximum atomic E-state index is 12.9. The molecule has 0 heterocycles. The van der Waals surface area contributed by atoms with Crippen LogP contribution in [0.3, 0.4) is 0 Å². The second kappa shape index (κ2) is 64.2. The highest BCUT2D eigenvalue weighted by Gasteiger charge is 2.22. The normalized spacial score (nSPS) is 13.3. The molecule has 0 aliphatic rings. The van der Waals surface area contributed by atoms with E-state index >= 15 is 0 Å². The van der Waals surface area contributed by atoms with Crippen molar-refractivity contribution in [1.82, 2.24) is 0 Å². The summed E-state index contributed by atoms with van der Waals surface area (Å²) in [6, 6.07) is 0. The molecule has 0 aromatic rings. The van der Waals surface area contributed by atoms with Gasteiger partial charge in [-0.15, -0.1) is 0 Å². The fraction of sp³-hybridized carbons (Fsp3) is 0.743. The van der Waals surface area contributed by atoms with Crippen molar-refractivity contribution in [2.24, 2.45) is 0 Å². The number of rotatable bonds is 63. The summed E-state index contributed by atoms with van der Waals surface area (Å²) in [4.78, 5) is 37.5. The number of carboxylic acids is 1. The maximum absolute atomic E-state index is 12.9. The summed E-state index contributed by atoms with van der Waals surface area (Å²) < 4.78 is 22.8. The zero-order valence-electron chi connectivity index (χ0n) is 54.5. The summed E-state index contributed by atoms with van der Waals surface area (Å²) >= 11 is 0. The van der Waals surface area contributed by atoms with Crippen LogP contribution in [0.15, 0.2) is 97.2 Å². The zero-order chi connectivity index (χ0) is 60.5. The molecule has 0 aromatic carbocycles. The Kier molecular flexibility index (Phi) is 61.3. The van der Waals surface area contributed by atoms with E-state index < -0.39 is 24.3 Å². The van der Waals surface area contributed by atoms with Crippen LogP contribution in [0.2, 0.25) is 0 Å². The smallest absolute Gasteiger partial charge is 0.306 e. The van der Waals surface area contributed by atoms with E-state index in [1.807, 2.05) is 21.1 Å². The lowest BCUT2D eigenvalue weighted by Gasteiger charge is -2.26. The monoisotopic (exact) mass is 1160 g/mol. The Labute approximate surface area is 512 Å². The van der Waals surface area contributed by atoms with Crippen LogP contribution in [0.1, 0.15) is 296 Å². The van der Waals surface area contributed by atoms with E-state index in [1.54, 1.807) is 0 Å². The van der Waals surface area contributed by atoms with Gasteiger partial charge in [0.15, 0.2) is 12.4 Å². The second-order valence-electron chi connectivity index (χ2n) is 24.1. The minimum absolute atomic E-state index is 0.145. The van der Waals surface area contributed by atoms with Crippen LogP contribution in [-0.4, -0.2) is 82.3 Å². The van der Waals surface area contributed by atoms with Crippen molar-refractivity contribution in [3.05, 3.63) is 97.2 Å². The van der Waals surface area contributed by atoms with E-state index in [0.717, 1.165) is 83.5 Å². The summed E-state index contributed by atoms with van der Waals surface area (Å²) in [5.41, 5.74) is 0. The quantitative estimate of drug-likeness (QED) is 0.0195. The third-order valence-corrected chi connectivity index (χ3v) is 14.8. The highest BCUT2D eigenvalue weighted by atomic mass is 16.7. The second-order valence-corrected chi connectivity index (χ2v) is 24.1. The molecule has 0 saturated carbocycles. The van der Waals surface area contributed by atoms with E-state index in [0.29, 0.717) is 17.4 Å². The van der Waals surface area contributed by atoms with Crippen molar-refractivity contribution < 1.29 is 42.9 Å². The number of carboxylic acid groups (broad SMARTS) is 1. The number of allylic oxidation sites excluding steroid dienone is 16. The van der Waals surface area contributed by atoms with E-state index in [-0.39, 0.29) is 38.6 Å². The number of carbonyl (C=O) groups excluding carboxylic acids is 3. The highest BCUT2D eigenvalue weighted by Crippen LogP contribution is 2.17. The van der Waals surface area contributed by atoms with Crippen molar-refractivity contribution in [3.63, 3.8) is 0 Å². The third kappa shape index (κ3) is 65.6. The number of ether oxygens (including phenoxy) is 4. The average Bonchev–Trinajstić information content (AvgIpc) is 3.46. The van der Waals surface area contributed by atoms with Crippen LogP contribution in [0, 0.1) is 0 Å². The molecule has 9 heteroatoms. The third-order valence-electron chi connectivity index (χ3n) is 14.8. The molecule has 83 heavy (non-hydrogen) atoms. The molecule has 0 saturated heterocycles. The molecule has 0 aliphatic carbocycles. The van der Waals surface area contributed by atoms with Gasteiger partial charge in [-0.1, -0.05) is 284 Å². The van der Waals surface area contributed by atoms with Crippen LogP contribution in [0.25, 0.3) is 0 Å². The van der Waals surface area contributed by atoms with Crippen LogP contribution in [0.5, 0.6) is 0 Å². The lowest BCUT2D eigenvalue weighted by Crippen LogP contribution is -2.44. The lowest BCUT2D eigenvalue weighted by atomic mass is 10.0. The first-order chi connectivity index (χ1) is 40.6. The Morgan fingerprint density at radius 1 is 0.373 bits per heavy atom. The SMILES string of the molecule is CC/C=C\C/C=C\C/C=C\C/C=C\C/C=C\CCCCCCCCCCCCCCCCCC(=O)OC(COC(=O)CCCCCCCCCCCCCC/C=C\C/C=C\C/C=C\CCCCCCC)COC(OCC[N+](C)(C)C)C(=O)[O-]. The molecule has 0 N–H and O–H groups in total. The standard InChI is InChI=1S/C74H129NO8/c1-6-8-10-12-14-16-18-20-22-24-26-28-30-32-34-35-36-37-39-41-43-45-47-49-51-53-55-57-59-61-63-65-72(77)83-70(69-82-74(73(78)79)80-67-66-75(3,4)5)68-81-71(76)64-62-60-58-56-54-52-50-48-46-44-42-40-38-33-31-29-27-25-23-21-19-17-15-13-11-9-7-2/h8,10,14,16,19-22,25-28,31-34,70,74H,6-7,9,11-13,15,17-18,23-24,29-30,35-69H2,1-5H3/b10-8-,16-14-,21-19-,22-20-,27-25-,28-26-,33-31-,34-32-. The Morgan fingerprint density at radius 3 is 1.02 bits per heavy atom. The van der Waals surface area contributed by atoms with Gasteiger partial charge in [0, 0.05) is 12.8 Å². The number of quaternary nitrogens is 1. The first kappa shape index (κ1) is 79.2. The molecule has 9 nitrogen and oxygen atoms in total. The van der Waals surface area contributed by atoms with Gasteiger partial charge in [0.2, 0.25) is 0 Å². The van der Waals surface area contributed by atoms with Gasteiger partial charge in [-0.25, -0.2) is 0 Å². The highest BCUT2D eigenvalue weighted by molar-refractivity contribution is 5.70. The van der Waals surface area contributed by atoms with Crippen molar-refractivity contribution in [3.8, 4) is 0 Å². The summed E-state index contributed by atoms with van der Waals surface area (Å²) in [6.45, 7) is 4.65. The predicted octanol–water partition coefficient (Wildman–Crippen LogP) is 19.9. The minimum Gasteiger partial charge on any atom is -0.545 e. The van der Waals surface area contributed by atoms with Crippen LogP contribution in [-0.2, 0) is 33.3 Å². The Bertz CT molecular complexity index is 1680. The summed E-state index contributed by atoms with van der Waals surface area (Å²) in [6.07, 6.45) is 84.8. The van der Waals surface area contributed by atoms with E-state index in [4.69, 9.17) is 18.9 Å². The molecule has 0 fully saturated rings. The Hall–Kier alpha value is -3.79. The van der Waals surface area contributed by atoms with Crippen molar-refractivity contribution >= 4 is 17.9 Å². The molecule has 2 unspecified atom stereocenters. The van der Waals surface area contributed by atoms with Crippen LogP contribution < -0.4 is 5.11 Å². The molecular formula is C74H129NO8. The lowest BCUT2D eigenvalue weighted by molar-refractivity contribution is -0.870. The van der Waals surface area contributed by atoms with Gasteiger partial charge < -0.3 is 33.3 Å². The molecule has 0 spiro atoms. The van der Waals surface area contributed by atoms with Gasteiger partial charge in [0.05, 0.1) is 40.3 Å². The van der Waals surface area contributed by atoms with Crippen LogP contribution >= 0.6 is 0 Å². The molecule has 0 rings (SSSR count). The number of hydrogen-bond acceptors (Lipinski definition) is 8. The molecule has 478 valence electrons. The average molecular weight is 1160 g/mol. The number of carbonyl (C=O) groups is 3. The van der Waals surface area contributed by atoms with Gasteiger partial charge in [-0.3, -0.25) is 9.59 Å². The number of esters is 2. The summed E-state index contributed by atoms with van der Waals surface area (Å²) in [7, 11) is 5.93. The fourth-order valence-corrected chi connectivity index (χ4v) is 9.57. The first-order valence-electron chi connectivity index (χ1n) is 34.4. The van der Waals surface area contributed by atoms with Crippen molar-refractivity contribution in [2.75, 3.05) is 47.5 Å². The van der Waals surface area contributed by atoms with E-state index in [2.05, 4.69) is 111 Å². The van der Waals surface area contributed by atoms with Gasteiger partial charge in [-0.2, -0.15) is 0 Å². The molecule has 0 radical (unpaired) electrons. The van der Waals surface area contributed by atoms with E-state index in [1.165, 1.54) is 180 Å². The fourth-order valence-electron chi connectivity index (χ4n) is 9.57. The number of nitrogens with zero attached hydrogens (tertiary/aromatic N) is 1. The first-order valence-corrected chi connectivity index (χ1v) is 34.4. The zero-order valence-corrected chi connectivity index (χ0v) is 54.5. The van der Waals surface area contributed by atoms with Crippen molar-refractivity contribution in [2.45, 2.75) is 309 Å². The summed E-state index contributed by atoms with van der Waals surface area (Å²) in [5, 5.41) is 11.8. The summed E-state index contributed by atoms with van der Waals surface area (Å²) in [5.74, 6) is -2.28. The molecule has 0 amide bonds. The number of hydrogen-bond donors (Lipinski definition) is 0. The molecule has 0 bridgehead atoms. The molecule has 0 aliphatic heterocycles. The number of unbranched alkanes of at least 4 members (excludes halogenated alkanes) is 32. The number of likely N-dealkylation sites (N-methyl/N-ethyl adjacent to an activating group) is 1. The maximum Gasteiger partial charge on any atom is 0.306 e. The largest absolute Gasteiger partial charge is 0.545 e. The van der Waals surface area contributed by atoms with E-state index in [9.17, 15) is 19.5 Å². The van der Waals surface area contributed by atoms with Gasteiger partial charge in [0.1, 0.15) is 13.2 Å². The predicted molar refractivity (Wildman–Crippen MR) is 352 cm³/mol. The Balaban J connectivity index is 4.14. The Morgan fingerprint density at radius 2 is 0.687 bits per heavy atom. The van der Waals surface area contributed by atoms with Gasteiger partial charge in [-0.05, 0) is 96.3 Å². The molecule has 0 aromatic heterocycles. The number of aliphatic carboxylic acids is 1. The van der Waals surface area contributed by atoms with Crippen LogP contribution in [0.4, 0.5) is 0 Å².